The Balaban J connectivity index is 1.63. The first-order chi connectivity index (χ1) is 12.6. The monoisotopic (exact) mass is 348 g/mol. The number of rotatable bonds is 4. The van der Waals surface area contributed by atoms with Crippen LogP contribution >= 0.6 is 0 Å². The predicted molar refractivity (Wildman–Crippen MR) is 105 cm³/mol. The average Bonchev–Trinajstić information content (AvgIpc) is 2.78. The normalized spacial score (nSPS) is 29.0. The molecule has 0 spiro atoms. The molecule has 2 heterocycles. The number of hydrogen-bond acceptors (Lipinski definition) is 2. The van der Waals surface area contributed by atoms with Crippen LogP contribution in [0.15, 0.2) is 60.7 Å². The van der Waals surface area contributed by atoms with E-state index in [1.54, 1.807) is 0 Å². The molecule has 2 saturated heterocycles. The van der Waals surface area contributed by atoms with Gasteiger partial charge >= 0.3 is 0 Å². The van der Waals surface area contributed by atoms with Gasteiger partial charge in [0.2, 0.25) is 5.91 Å². The third-order valence-electron chi connectivity index (χ3n) is 6.09. The maximum Gasteiger partial charge on any atom is 0.220 e. The molecule has 0 saturated carbocycles. The van der Waals surface area contributed by atoms with Crippen molar-refractivity contribution in [3.63, 3.8) is 0 Å². The summed E-state index contributed by atoms with van der Waals surface area (Å²) in [5.41, 5.74) is 2.61. The first kappa shape index (κ1) is 17.3. The molecule has 3 heteroatoms. The number of hydrogen-bond donors (Lipinski definition) is 1. The summed E-state index contributed by atoms with van der Waals surface area (Å²) in [4.78, 5) is 14.9. The summed E-state index contributed by atoms with van der Waals surface area (Å²) in [6.07, 6.45) is 4.79. The fourth-order valence-corrected chi connectivity index (χ4v) is 4.93. The number of benzene rings is 2. The van der Waals surface area contributed by atoms with Gasteiger partial charge in [-0.15, -0.1) is 0 Å². The Hall–Kier alpha value is -2.13. The van der Waals surface area contributed by atoms with E-state index in [2.05, 4.69) is 77.8 Å². The Labute approximate surface area is 156 Å². The Bertz CT molecular complexity index is 745. The molecule has 4 rings (SSSR count). The van der Waals surface area contributed by atoms with Crippen LogP contribution in [0.25, 0.3) is 0 Å². The standard InChI is InChI=1S/C23H28N2O/c1-23-16-20(15-18-9-4-2-5-10-18)25(17-19-11-6-3-7-12-19)21(23)13-8-14-22(26)24-23/h2-7,9-12,20-21H,8,13-17H2,1H3,(H,24,26)/t20-,21+,23+/m1/s1. The van der Waals surface area contributed by atoms with Gasteiger partial charge < -0.3 is 5.32 Å². The summed E-state index contributed by atoms with van der Waals surface area (Å²) in [6.45, 7) is 3.21. The average molecular weight is 348 g/mol. The fourth-order valence-electron chi connectivity index (χ4n) is 4.93. The van der Waals surface area contributed by atoms with E-state index in [0.717, 1.165) is 32.2 Å². The zero-order chi connectivity index (χ0) is 18.0. The first-order valence-corrected chi connectivity index (χ1v) is 9.79. The molecule has 3 atom stereocenters. The third kappa shape index (κ3) is 3.54. The second-order valence-corrected chi connectivity index (χ2v) is 8.08. The predicted octanol–water partition coefficient (Wildman–Crippen LogP) is 3.93. The van der Waals surface area contributed by atoms with Crippen LogP contribution in [0.3, 0.4) is 0 Å². The van der Waals surface area contributed by atoms with Gasteiger partial charge in [0, 0.05) is 25.0 Å². The van der Waals surface area contributed by atoms with Crippen LogP contribution in [0.2, 0.25) is 0 Å². The number of carbonyl (C=O) groups is 1. The van der Waals surface area contributed by atoms with Crippen molar-refractivity contribution in [2.75, 3.05) is 0 Å². The molecule has 136 valence electrons. The largest absolute Gasteiger partial charge is 0.349 e. The molecule has 2 aliphatic rings. The van der Waals surface area contributed by atoms with E-state index < -0.39 is 0 Å². The van der Waals surface area contributed by atoms with Crippen LogP contribution in [-0.2, 0) is 17.8 Å². The highest BCUT2D eigenvalue weighted by Crippen LogP contribution is 2.40. The van der Waals surface area contributed by atoms with Crippen LogP contribution in [0.1, 0.15) is 43.7 Å². The van der Waals surface area contributed by atoms with Crippen molar-refractivity contribution in [2.24, 2.45) is 0 Å². The zero-order valence-electron chi connectivity index (χ0n) is 15.5. The van der Waals surface area contributed by atoms with Gasteiger partial charge in [0.15, 0.2) is 0 Å². The summed E-state index contributed by atoms with van der Waals surface area (Å²) in [6, 6.07) is 22.3. The minimum Gasteiger partial charge on any atom is -0.349 e. The molecule has 1 N–H and O–H groups in total. The van der Waals surface area contributed by atoms with Crippen LogP contribution in [0.5, 0.6) is 0 Å². The number of likely N-dealkylation sites (tertiary alicyclic amines) is 1. The molecule has 2 aromatic rings. The maximum atomic E-state index is 12.2. The summed E-state index contributed by atoms with van der Waals surface area (Å²) < 4.78 is 0. The van der Waals surface area contributed by atoms with Gasteiger partial charge in [0.05, 0.1) is 5.54 Å². The molecule has 1 amide bonds. The topological polar surface area (TPSA) is 32.3 Å². The van der Waals surface area contributed by atoms with E-state index in [0.29, 0.717) is 18.5 Å². The van der Waals surface area contributed by atoms with Crippen molar-refractivity contribution in [1.82, 2.24) is 10.2 Å². The molecular formula is C23H28N2O. The number of nitrogens with zero attached hydrogens (tertiary/aromatic N) is 1. The van der Waals surface area contributed by atoms with Crippen molar-refractivity contribution < 1.29 is 4.79 Å². The molecule has 26 heavy (non-hydrogen) atoms. The molecule has 0 bridgehead atoms. The van der Waals surface area contributed by atoms with Gasteiger partial charge in [-0.25, -0.2) is 0 Å². The highest BCUT2D eigenvalue weighted by molar-refractivity contribution is 5.77. The molecule has 0 aromatic heterocycles. The summed E-state index contributed by atoms with van der Waals surface area (Å²) in [7, 11) is 0. The number of carbonyl (C=O) groups excluding carboxylic acids is 1. The molecule has 2 fully saturated rings. The summed E-state index contributed by atoms with van der Waals surface area (Å²) in [5.74, 6) is 0.218. The van der Waals surface area contributed by atoms with Gasteiger partial charge in [-0.05, 0) is 43.7 Å². The third-order valence-corrected chi connectivity index (χ3v) is 6.09. The minimum absolute atomic E-state index is 0.123. The van der Waals surface area contributed by atoms with Crippen LogP contribution in [0, 0.1) is 0 Å². The second-order valence-electron chi connectivity index (χ2n) is 8.08. The fraction of sp³-hybridized carbons (Fsp3) is 0.435. The Morgan fingerprint density at radius 2 is 1.69 bits per heavy atom. The van der Waals surface area contributed by atoms with Crippen LogP contribution < -0.4 is 5.32 Å². The van der Waals surface area contributed by atoms with Gasteiger partial charge in [-0.3, -0.25) is 9.69 Å². The van der Waals surface area contributed by atoms with Crippen molar-refractivity contribution in [3.05, 3.63) is 71.8 Å². The van der Waals surface area contributed by atoms with Crippen LogP contribution in [0.4, 0.5) is 0 Å². The first-order valence-electron chi connectivity index (χ1n) is 9.79. The van der Waals surface area contributed by atoms with Gasteiger partial charge in [-0.2, -0.15) is 0 Å². The molecule has 2 aliphatic heterocycles. The van der Waals surface area contributed by atoms with E-state index in [1.807, 2.05) is 0 Å². The smallest absolute Gasteiger partial charge is 0.220 e. The highest BCUT2D eigenvalue weighted by atomic mass is 16.1. The zero-order valence-corrected chi connectivity index (χ0v) is 15.5. The molecule has 2 aromatic carbocycles. The quantitative estimate of drug-likeness (QED) is 0.908. The number of fused-ring (bicyclic) bond motifs is 1. The van der Waals surface area contributed by atoms with E-state index in [9.17, 15) is 4.79 Å². The van der Waals surface area contributed by atoms with Crippen LogP contribution in [-0.4, -0.2) is 28.4 Å². The van der Waals surface area contributed by atoms with Gasteiger partial charge in [0.1, 0.15) is 0 Å². The summed E-state index contributed by atoms with van der Waals surface area (Å²) >= 11 is 0. The van der Waals surface area contributed by atoms with E-state index in [1.165, 1.54) is 11.1 Å². The lowest BCUT2D eigenvalue weighted by atomic mass is 9.88. The van der Waals surface area contributed by atoms with Crippen molar-refractivity contribution in [1.29, 1.82) is 0 Å². The molecule has 0 aliphatic carbocycles. The van der Waals surface area contributed by atoms with Gasteiger partial charge in [0.25, 0.3) is 0 Å². The minimum atomic E-state index is -0.123. The van der Waals surface area contributed by atoms with E-state index >= 15 is 0 Å². The maximum absolute atomic E-state index is 12.2. The molecule has 3 nitrogen and oxygen atoms in total. The molecular weight excluding hydrogens is 320 g/mol. The van der Waals surface area contributed by atoms with E-state index in [4.69, 9.17) is 0 Å². The summed E-state index contributed by atoms with van der Waals surface area (Å²) in [5, 5.41) is 3.37. The van der Waals surface area contributed by atoms with Crippen molar-refractivity contribution in [3.8, 4) is 0 Å². The van der Waals surface area contributed by atoms with Gasteiger partial charge in [-0.1, -0.05) is 60.7 Å². The van der Waals surface area contributed by atoms with E-state index in [-0.39, 0.29) is 11.4 Å². The van der Waals surface area contributed by atoms with Crippen molar-refractivity contribution >= 4 is 5.91 Å². The second kappa shape index (κ2) is 7.24. The Kier molecular flexibility index (Phi) is 4.82. The lowest BCUT2D eigenvalue weighted by Gasteiger charge is -2.35. The number of nitrogens with one attached hydrogen (secondary N) is 1. The SMILES string of the molecule is C[C@]12C[C@@H](Cc3ccccc3)N(Cc3ccccc3)[C@H]1CCCC(=O)N2. The lowest BCUT2D eigenvalue weighted by molar-refractivity contribution is -0.122. The molecule has 0 radical (unpaired) electrons. The Morgan fingerprint density at radius 3 is 2.38 bits per heavy atom. The molecule has 0 unspecified atom stereocenters. The number of amides is 1. The lowest BCUT2D eigenvalue weighted by Crippen LogP contribution is -2.52. The highest BCUT2D eigenvalue weighted by Gasteiger charge is 2.50. The Morgan fingerprint density at radius 1 is 1.04 bits per heavy atom. The van der Waals surface area contributed by atoms with Crippen molar-refractivity contribution in [2.45, 2.75) is 63.2 Å².